The minimum atomic E-state index is -0.766. The van der Waals surface area contributed by atoms with Gasteiger partial charge in [-0.05, 0) is 70.6 Å². The van der Waals surface area contributed by atoms with Gasteiger partial charge in [0.15, 0.2) is 6.10 Å². The third-order valence-electron chi connectivity index (χ3n) is 14.9. The predicted molar refractivity (Wildman–Crippen MR) is 316 cm³/mol. The van der Waals surface area contributed by atoms with Crippen LogP contribution in [-0.2, 0) is 28.6 Å². The van der Waals surface area contributed by atoms with Crippen molar-refractivity contribution in [2.24, 2.45) is 0 Å². The molecular formula is C67H126O6. The molecule has 0 aliphatic heterocycles. The third-order valence-corrected chi connectivity index (χ3v) is 14.9. The Kier molecular flexibility index (Phi) is 60.6. The molecule has 0 saturated carbocycles. The van der Waals surface area contributed by atoms with Gasteiger partial charge in [-0.25, -0.2) is 0 Å². The molecule has 0 aromatic rings. The van der Waals surface area contributed by atoms with Crippen molar-refractivity contribution >= 4 is 17.9 Å². The molecule has 0 aliphatic carbocycles. The summed E-state index contributed by atoms with van der Waals surface area (Å²) in [6.07, 6.45) is 75.4. The minimum absolute atomic E-state index is 0.0678. The topological polar surface area (TPSA) is 78.9 Å². The van der Waals surface area contributed by atoms with E-state index in [1.165, 1.54) is 263 Å². The maximum atomic E-state index is 12.8. The zero-order valence-electron chi connectivity index (χ0n) is 49.4. The van der Waals surface area contributed by atoms with Crippen LogP contribution < -0.4 is 0 Å². The van der Waals surface area contributed by atoms with Crippen molar-refractivity contribution < 1.29 is 28.6 Å². The van der Waals surface area contributed by atoms with E-state index in [0.29, 0.717) is 19.3 Å². The molecule has 430 valence electrons. The first-order chi connectivity index (χ1) is 36.0. The Bertz CT molecular complexity index is 1180. The maximum Gasteiger partial charge on any atom is 0.306 e. The van der Waals surface area contributed by atoms with Gasteiger partial charge in [-0.3, -0.25) is 14.4 Å². The number of allylic oxidation sites excluding steroid dienone is 4. The Labute approximate surface area is 455 Å². The molecule has 0 rings (SSSR count). The number of unbranched alkanes of at least 4 members (excludes halogenated alkanes) is 46. The molecule has 1 atom stereocenters. The fourth-order valence-corrected chi connectivity index (χ4v) is 9.97. The average molecular weight is 1030 g/mol. The van der Waals surface area contributed by atoms with Crippen molar-refractivity contribution in [2.45, 2.75) is 374 Å². The first-order valence-corrected chi connectivity index (χ1v) is 32.8. The normalized spacial score (nSPS) is 12.1. The zero-order valence-corrected chi connectivity index (χ0v) is 49.4. The lowest BCUT2D eigenvalue weighted by Crippen LogP contribution is -2.30. The van der Waals surface area contributed by atoms with Crippen LogP contribution in [0.25, 0.3) is 0 Å². The molecule has 0 bridgehead atoms. The van der Waals surface area contributed by atoms with E-state index in [9.17, 15) is 14.4 Å². The molecule has 73 heavy (non-hydrogen) atoms. The van der Waals surface area contributed by atoms with Crippen molar-refractivity contribution in [3.05, 3.63) is 24.3 Å². The standard InChI is InChI=1S/C67H126O6/c1-4-7-10-13-15-17-19-21-23-25-27-29-30-31-32-33-34-35-36-38-39-41-43-45-47-49-51-54-57-60-66(69)72-63-64(62-71-65(68)59-56-53-12-9-6-3)73-67(70)61-58-55-52-50-48-46-44-42-40-37-28-26-24-22-20-18-16-14-11-8-5-2/h25-28,64H,4-24,29-63H2,1-3H3/b27-25-,28-26-. The molecule has 0 heterocycles. The molecule has 0 spiro atoms. The van der Waals surface area contributed by atoms with Gasteiger partial charge in [-0.15, -0.1) is 0 Å². The van der Waals surface area contributed by atoms with E-state index >= 15 is 0 Å². The van der Waals surface area contributed by atoms with Gasteiger partial charge in [0.2, 0.25) is 0 Å². The zero-order chi connectivity index (χ0) is 52.9. The second-order valence-electron chi connectivity index (χ2n) is 22.4. The number of hydrogen-bond donors (Lipinski definition) is 0. The number of ether oxygens (including phenoxy) is 3. The first-order valence-electron chi connectivity index (χ1n) is 32.8. The van der Waals surface area contributed by atoms with E-state index in [-0.39, 0.29) is 31.1 Å². The van der Waals surface area contributed by atoms with Crippen LogP contribution in [0.1, 0.15) is 367 Å². The fourth-order valence-electron chi connectivity index (χ4n) is 9.97. The Balaban J connectivity index is 3.95. The molecule has 0 fully saturated rings. The third kappa shape index (κ3) is 60.6. The Morgan fingerprint density at radius 2 is 0.452 bits per heavy atom. The van der Waals surface area contributed by atoms with Gasteiger partial charge >= 0.3 is 17.9 Å². The van der Waals surface area contributed by atoms with E-state index in [2.05, 4.69) is 45.1 Å². The molecule has 0 radical (unpaired) electrons. The molecule has 0 aromatic carbocycles. The molecule has 1 unspecified atom stereocenters. The van der Waals surface area contributed by atoms with Crippen molar-refractivity contribution in [3.63, 3.8) is 0 Å². The van der Waals surface area contributed by atoms with Crippen molar-refractivity contribution in [3.8, 4) is 0 Å². The highest BCUT2D eigenvalue weighted by atomic mass is 16.6. The summed E-state index contributed by atoms with van der Waals surface area (Å²) in [5, 5.41) is 0. The summed E-state index contributed by atoms with van der Waals surface area (Å²) in [6.45, 7) is 6.61. The van der Waals surface area contributed by atoms with Gasteiger partial charge in [0, 0.05) is 19.3 Å². The molecule has 6 heteroatoms. The quantitative estimate of drug-likeness (QED) is 0.0261. The van der Waals surface area contributed by atoms with E-state index in [0.717, 1.165) is 64.2 Å². The van der Waals surface area contributed by atoms with Gasteiger partial charge < -0.3 is 14.2 Å². The van der Waals surface area contributed by atoms with Crippen LogP contribution in [0.4, 0.5) is 0 Å². The number of carbonyl (C=O) groups is 3. The highest BCUT2D eigenvalue weighted by molar-refractivity contribution is 5.71. The largest absolute Gasteiger partial charge is 0.462 e. The summed E-state index contributed by atoms with van der Waals surface area (Å²) < 4.78 is 16.8. The second kappa shape index (κ2) is 62.4. The number of rotatable bonds is 61. The number of esters is 3. The predicted octanol–water partition coefficient (Wildman–Crippen LogP) is 22.2. The van der Waals surface area contributed by atoms with Gasteiger partial charge in [-0.1, -0.05) is 302 Å². The Morgan fingerprint density at radius 1 is 0.260 bits per heavy atom. The van der Waals surface area contributed by atoms with Gasteiger partial charge in [0.25, 0.3) is 0 Å². The van der Waals surface area contributed by atoms with Crippen LogP contribution in [0.3, 0.4) is 0 Å². The van der Waals surface area contributed by atoms with Crippen molar-refractivity contribution in [2.75, 3.05) is 13.2 Å². The molecule has 6 nitrogen and oxygen atoms in total. The summed E-state index contributed by atoms with van der Waals surface area (Å²) in [5.41, 5.74) is 0. The van der Waals surface area contributed by atoms with Crippen LogP contribution in [0.15, 0.2) is 24.3 Å². The van der Waals surface area contributed by atoms with Crippen molar-refractivity contribution in [1.82, 2.24) is 0 Å². The summed E-state index contributed by atoms with van der Waals surface area (Å²) in [6, 6.07) is 0. The lowest BCUT2D eigenvalue weighted by molar-refractivity contribution is -0.167. The molecular weight excluding hydrogens is 901 g/mol. The van der Waals surface area contributed by atoms with Crippen LogP contribution >= 0.6 is 0 Å². The van der Waals surface area contributed by atoms with Crippen LogP contribution in [0.2, 0.25) is 0 Å². The smallest absolute Gasteiger partial charge is 0.306 e. The van der Waals surface area contributed by atoms with Gasteiger partial charge in [-0.2, -0.15) is 0 Å². The fraction of sp³-hybridized carbons (Fsp3) is 0.896. The minimum Gasteiger partial charge on any atom is -0.462 e. The summed E-state index contributed by atoms with van der Waals surface area (Å²) >= 11 is 0. The maximum absolute atomic E-state index is 12.8. The molecule has 0 saturated heterocycles. The van der Waals surface area contributed by atoms with E-state index in [1.54, 1.807) is 0 Å². The highest BCUT2D eigenvalue weighted by Crippen LogP contribution is 2.18. The number of hydrogen-bond acceptors (Lipinski definition) is 6. The summed E-state index contributed by atoms with van der Waals surface area (Å²) in [4.78, 5) is 37.9. The monoisotopic (exact) mass is 1030 g/mol. The van der Waals surface area contributed by atoms with Crippen LogP contribution in [-0.4, -0.2) is 37.2 Å². The van der Waals surface area contributed by atoms with Crippen LogP contribution in [0, 0.1) is 0 Å². The second-order valence-corrected chi connectivity index (χ2v) is 22.4. The summed E-state index contributed by atoms with van der Waals surface area (Å²) in [5.74, 6) is -0.861. The molecule has 0 aliphatic rings. The van der Waals surface area contributed by atoms with Gasteiger partial charge in [0.05, 0.1) is 0 Å². The van der Waals surface area contributed by atoms with Crippen molar-refractivity contribution in [1.29, 1.82) is 0 Å². The first kappa shape index (κ1) is 70.9. The van der Waals surface area contributed by atoms with Gasteiger partial charge in [0.1, 0.15) is 13.2 Å². The Morgan fingerprint density at radius 3 is 0.685 bits per heavy atom. The molecule has 0 amide bonds. The summed E-state index contributed by atoms with van der Waals surface area (Å²) in [7, 11) is 0. The lowest BCUT2D eigenvalue weighted by atomic mass is 10.0. The van der Waals surface area contributed by atoms with E-state index in [4.69, 9.17) is 14.2 Å². The van der Waals surface area contributed by atoms with E-state index in [1.807, 2.05) is 0 Å². The number of carbonyl (C=O) groups excluding carboxylic acids is 3. The average Bonchev–Trinajstić information content (AvgIpc) is 3.39. The van der Waals surface area contributed by atoms with E-state index < -0.39 is 6.10 Å². The Hall–Kier alpha value is -2.11. The molecule has 0 aromatic heterocycles. The van der Waals surface area contributed by atoms with Crippen LogP contribution in [0.5, 0.6) is 0 Å². The molecule has 0 N–H and O–H groups in total. The highest BCUT2D eigenvalue weighted by Gasteiger charge is 2.19. The lowest BCUT2D eigenvalue weighted by Gasteiger charge is -2.18. The SMILES string of the molecule is CCCCCCCCCC/C=C\CCCCCCCCCCCCCCCCCCCC(=O)OCC(COC(=O)CCCCCCC)OC(=O)CCCCCCCCCCC/C=C\CCCCCCCCCC.